The molecule has 1 aliphatic rings. The molecule has 0 bridgehead atoms. The maximum atomic E-state index is 13.2. The van der Waals surface area contributed by atoms with Crippen molar-refractivity contribution in [3.8, 4) is 0 Å². The standard InChI is InChI=1S/C11H13FN2O6/c1-5(16)19-7-2-9(20-8(7)4-15)14-3-6(12)10(17)13-11(14)18/h3,7-9,15H,2,4H2,1H3,(H,13,17,18)/t7-,8+,9-/m0/s1. The molecule has 20 heavy (non-hydrogen) atoms. The van der Waals surface area contributed by atoms with Crippen molar-refractivity contribution in [1.82, 2.24) is 9.55 Å². The van der Waals surface area contributed by atoms with Gasteiger partial charge in [-0.3, -0.25) is 19.1 Å². The van der Waals surface area contributed by atoms with E-state index in [1.165, 1.54) is 6.92 Å². The van der Waals surface area contributed by atoms with Gasteiger partial charge in [0.25, 0.3) is 5.56 Å². The smallest absolute Gasteiger partial charge is 0.330 e. The van der Waals surface area contributed by atoms with Gasteiger partial charge < -0.3 is 14.6 Å². The zero-order valence-corrected chi connectivity index (χ0v) is 10.5. The fraction of sp³-hybridized carbons (Fsp3) is 0.545. The molecule has 1 aromatic heterocycles. The molecule has 110 valence electrons. The lowest BCUT2D eigenvalue weighted by molar-refractivity contribution is -0.150. The van der Waals surface area contributed by atoms with Gasteiger partial charge in [0.15, 0.2) is 0 Å². The average molecular weight is 288 g/mol. The Balaban J connectivity index is 2.27. The number of ether oxygens (including phenoxy) is 2. The van der Waals surface area contributed by atoms with E-state index in [4.69, 9.17) is 14.6 Å². The highest BCUT2D eigenvalue weighted by molar-refractivity contribution is 5.66. The van der Waals surface area contributed by atoms with E-state index in [1.807, 2.05) is 0 Å². The summed E-state index contributed by atoms with van der Waals surface area (Å²) in [5.41, 5.74) is -1.97. The monoisotopic (exact) mass is 288 g/mol. The van der Waals surface area contributed by atoms with Crippen LogP contribution in [0.4, 0.5) is 4.39 Å². The third-order valence-electron chi connectivity index (χ3n) is 2.91. The molecule has 9 heteroatoms. The Bertz CT molecular complexity index is 624. The first-order valence-electron chi connectivity index (χ1n) is 5.87. The third-order valence-corrected chi connectivity index (χ3v) is 2.91. The molecule has 2 heterocycles. The van der Waals surface area contributed by atoms with Gasteiger partial charge >= 0.3 is 11.7 Å². The van der Waals surface area contributed by atoms with Crippen LogP contribution in [0, 0.1) is 5.82 Å². The Morgan fingerprint density at radius 3 is 2.95 bits per heavy atom. The fourth-order valence-corrected chi connectivity index (χ4v) is 2.05. The van der Waals surface area contributed by atoms with E-state index in [2.05, 4.69) is 0 Å². The minimum Gasteiger partial charge on any atom is -0.460 e. The van der Waals surface area contributed by atoms with Gasteiger partial charge in [0.2, 0.25) is 5.82 Å². The van der Waals surface area contributed by atoms with Gasteiger partial charge in [-0.2, -0.15) is 4.39 Å². The van der Waals surface area contributed by atoms with Gasteiger partial charge in [0.05, 0.1) is 12.8 Å². The number of carbonyl (C=O) groups is 1. The molecule has 1 aliphatic heterocycles. The second-order valence-electron chi connectivity index (χ2n) is 4.34. The summed E-state index contributed by atoms with van der Waals surface area (Å²) in [4.78, 5) is 35.3. The van der Waals surface area contributed by atoms with E-state index in [0.29, 0.717) is 0 Å². The van der Waals surface area contributed by atoms with E-state index < -0.39 is 48.1 Å². The first kappa shape index (κ1) is 14.4. The number of carbonyl (C=O) groups excluding carboxylic acids is 1. The highest BCUT2D eigenvalue weighted by Crippen LogP contribution is 2.29. The minimum atomic E-state index is -1.13. The molecular formula is C11H13FN2O6. The number of aliphatic hydroxyl groups is 1. The predicted molar refractivity (Wildman–Crippen MR) is 62.4 cm³/mol. The maximum Gasteiger partial charge on any atom is 0.330 e. The number of aromatic amines is 1. The molecule has 1 saturated heterocycles. The quantitative estimate of drug-likeness (QED) is 0.682. The SMILES string of the molecule is CC(=O)O[C@H]1C[C@@H](n2cc(F)c(=O)[nH]c2=O)O[C@@H]1CO. The van der Waals surface area contributed by atoms with Crippen LogP contribution in [-0.2, 0) is 14.3 Å². The van der Waals surface area contributed by atoms with Crippen molar-refractivity contribution < 1.29 is 23.8 Å². The number of esters is 1. The van der Waals surface area contributed by atoms with E-state index in [1.54, 1.807) is 4.98 Å². The molecule has 0 aromatic carbocycles. The van der Waals surface area contributed by atoms with Crippen molar-refractivity contribution in [2.24, 2.45) is 0 Å². The summed E-state index contributed by atoms with van der Waals surface area (Å²) < 4.78 is 24.3. The Morgan fingerprint density at radius 1 is 1.65 bits per heavy atom. The molecule has 8 nitrogen and oxygen atoms in total. The Kier molecular flexibility index (Phi) is 4.00. The first-order chi connectivity index (χ1) is 9.42. The summed E-state index contributed by atoms with van der Waals surface area (Å²) in [6.07, 6.45) is -1.71. The number of nitrogens with one attached hydrogen (secondary N) is 1. The second-order valence-corrected chi connectivity index (χ2v) is 4.34. The summed E-state index contributed by atoms with van der Waals surface area (Å²) in [6, 6.07) is 0. The number of nitrogens with zero attached hydrogens (tertiary/aromatic N) is 1. The van der Waals surface area contributed by atoms with Crippen LogP contribution in [-0.4, -0.2) is 39.4 Å². The molecule has 3 atom stereocenters. The molecule has 0 aliphatic carbocycles. The Labute approximate surface area is 111 Å². The lowest BCUT2D eigenvalue weighted by Crippen LogP contribution is -2.34. The van der Waals surface area contributed by atoms with Crippen LogP contribution in [0.2, 0.25) is 0 Å². The van der Waals surface area contributed by atoms with E-state index >= 15 is 0 Å². The minimum absolute atomic E-state index is 0.0657. The van der Waals surface area contributed by atoms with Crippen LogP contribution in [0.15, 0.2) is 15.8 Å². The van der Waals surface area contributed by atoms with Crippen LogP contribution in [0.25, 0.3) is 0 Å². The number of hydrogen-bond acceptors (Lipinski definition) is 6. The van der Waals surface area contributed by atoms with Crippen LogP contribution >= 0.6 is 0 Å². The van der Waals surface area contributed by atoms with E-state index in [0.717, 1.165) is 10.8 Å². The summed E-state index contributed by atoms with van der Waals surface area (Å²) in [7, 11) is 0. The summed E-state index contributed by atoms with van der Waals surface area (Å²) in [6.45, 7) is 0.780. The van der Waals surface area contributed by atoms with Crippen LogP contribution in [0.3, 0.4) is 0 Å². The number of halogens is 1. The van der Waals surface area contributed by atoms with Gasteiger partial charge in [0, 0.05) is 13.3 Å². The Morgan fingerprint density at radius 2 is 2.35 bits per heavy atom. The number of H-pyrrole nitrogens is 1. The lowest BCUT2D eigenvalue weighted by atomic mass is 10.2. The molecule has 2 N–H and O–H groups in total. The van der Waals surface area contributed by atoms with Crippen molar-refractivity contribution >= 4 is 5.97 Å². The zero-order valence-electron chi connectivity index (χ0n) is 10.5. The highest BCUT2D eigenvalue weighted by atomic mass is 19.1. The van der Waals surface area contributed by atoms with Gasteiger partial charge in [-0.25, -0.2) is 4.79 Å². The highest BCUT2D eigenvalue weighted by Gasteiger charge is 2.38. The number of aromatic nitrogens is 2. The predicted octanol–water partition coefficient (Wildman–Crippen LogP) is -1.11. The van der Waals surface area contributed by atoms with Crippen molar-refractivity contribution in [2.75, 3.05) is 6.61 Å². The molecule has 0 saturated carbocycles. The van der Waals surface area contributed by atoms with Crippen molar-refractivity contribution in [2.45, 2.75) is 31.8 Å². The summed E-state index contributed by atoms with van der Waals surface area (Å²) in [5, 5.41) is 9.15. The van der Waals surface area contributed by atoms with Crippen LogP contribution in [0.5, 0.6) is 0 Å². The van der Waals surface area contributed by atoms with Gasteiger partial charge in [0.1, 0.15) is 18.4 Å². The summed E-state index contributed by atoms with van der Waals surface area (Å²) in [5.74, 6) is -1.69. The van der Waals surface area contributed by atoms with Crippen LogP contribution in [0.1, 0.15) is 19.6 Å². The van der Waals surface area contributed by atoms with Crippen molar-refractivity contribution in [3.63, 3.8) is 0 Å². The summed E-state index contributed by atoms with van der Waals surface area (Å²) >= 11 is 0. The molecular weight excluding hydrogens is 275 g/mol. The number of aliphatic hydroxyl groups excluding tert-OH is 1. The van der Waals surface area contributed by atoms with Gasteiger partial charge in [-0.05, 0) is 0 Å². The maximum absolute atomic E-state index is 13.2. The van der Waals surface area contributed by atoms with E-state index in [9.17, 15) is 18.8 Å². The average Bonchev–Trinajstić information content (AvgIpc) is 2.75. The largest absolute Gasteiger partial charge is 0.460 e. The van der Waals surface area contributed by atoms with Gasteiger partial charge in [-0.15, -0.1) is 0 Å². The van der Waals surface area contributed by atoms with Gasteiger partial charge in [-0.1, -0.05) is 0 Å². The molecule has 2 rings (SSSR count). The van der Waals surface area contributed by atoms with Crippen molar-refractivity contribution in [1.29, 1.82) is 0 Å². The molecule has 1 aromatic rings. The van der Waals surface area contributed by atoms with Crippen LogP contribution < -0.4 is 11.2 Å². The molecule has 0 spiro atoms. The Hall–Kier alpha value is -2.00. The molecule has 0 unspecified atom stereocenters. The molecule has 0 amide bonds. The molecule has 0 radical (unpaired) electrons. The number of hydrogen-bond donors (Lipinski definition) is 2. The number of rotatable bonds is 3. The topological polar surface area (TPSA) is 111 Å². The fourth-order valence-electron chi connectivity index (χ4n) is 2.05. The van der Waals surface area contributed by atoms with Crippen molar-refractivity contribution in [3.05, 3.63) is 32.9 Å². The molecule has 1 fully saturated rings. The normalized spacial score (nSPS) is 25.6. The first-order valence-corrected chi connectivity index (χ1v) is 5.87. The lowest BCUT2D eigenvalue weighted by Gasteiger charge is -2.15. The third kappa shape index (κ3) is 2.78. The van der Waals surface area contributed by atoms with E-state index in [-0.39, 0.29) is 6.42 Å². The zero-order chi connectivity index (χ0) is 14.9. The second kappa shape index (κ2) is 5.55.